The van der Waals surface area contributed by atoms with Crippen molar-refractivity contribution < 1.29 is 9.53 Å². The van der Waals surface area contributed by atoms with Gasteiger partial charge in [-0.2, -0.15) is 0 Å². The van der Waals surface area contributed by atoms with Crippen molar-refractivity contribution >= 4 is 17.6 Å². The van der Waals surface area contributed by atoms with Crippen LogP contribution in [0.3, 0.4) is 0 Å². The van der Waals surface area contributed by atoms with Crippen molar-refractivity contribution in [2.24, 2.45) is 62.6 Å². The fourth-order valence-electron chi connectivity index (χ4n) is 12.1. The van der Waals surface area contributed by atoms with E-state index in [1.54, 1.807) is 0 Å². The van der Waals surface area contributed by atoms with Gasteiger partial charge < -0.3 is 4.74 Å². The standard InChI is InChI=1S/C32H53ClO2/c1-20(2)21-11-14-29(5)17-18-31(7)22(27(21)29)9-10-24-30(6)15-13-25(35-26(34)19-33)28(3,4)23(30)12-16-32(24,31)8/h20-25,27H,9-19H2,1-8H3/t21-,22+,23-,24+,25+,27+,29+,30+,31+,32-/m0/s1. The minimum atomic E-state index is -0.247. The van der Waals surface area contributed by atoms with Gasteiger partial charge in [-0.1, -0.05) is 55.4 Å². The SMILES string of the molecule is CC(C)[C@@H]1CC[C@]2(C)CC[C@]3(C)[C@H](CC[C@@H]4[C@]5(C)CC[C@@H](OC(=O)CCl)C(C)(C)[C@@H]5CC[C@@]43C)[C@@H]12. The minimum absolute atomic E-state index is 0.00350. The maximum Gasteiger partial charge on any atom is 0.321 e. The van der Waals surface area contributed by atoms with Crippen LogP contribution in [0.15, 0.2) is 0 Å². The maximum absolute atomic E-state index is 12.1. The van der Waals surface area contributed by atoms with Gasteiger partial charge >= 0.3 is 5.97 Å². The molecule has 0 bridgehead atoms. The van der Waals surface area contributed by atoms with E-state index in [1.165, 1.54) is 57.8 Å². The van der Waals surface area contributed by atoms with Crippen molar-refractivity contribution in [1.29, 1.82) is 0 Å². The van der Waals surface area contributed by atoms with E-state index in [0.29, 0.717) is 27.6 Å². The molecule has 0 spiro atoms. The number of hydrogen-bond donors (Lipinski definition) is 0. The van der Waals surface area contributed by atoms with Crippen LogP contribution >= 0.6 is 11.6 Å². The van der Waals surface area contributed by atoms with Crippen LogP contribution in [0.25, 0.3) is 0 Å². The first-order valence-corrected chi connectivity index (χ1v) is 15.5. The van der Waals surface area contributed by atoms with E-state index in [4.69, 9.17) is 16.3 Å². The van der Waals surface area contributed by atoms with Gasteiger partial charge in [-0.25, -0.2) is 0 Å². The molecule has 0 heterocycles. The first-order valence-electron chi connectivity index (χ1n) is 15.0. The predicted molar refractivity (Wildman–Crippen MR) is 145 cm³/mol. The first kappa shape index (κ1) is 26.4. The lowest BCUT2D eigenvalue weighted by Gasteiger charge is -2.73. The van der Waals surface area contributed by atoms with Crippen LogP contribution in [-0.4, -0.2) is 18.0 Å². The molecule has 10 atom stereocenters. The number of esters is 1. The molecule has 5 aliphatic carbocycles. The summed E-state index contributed by atoms with van der Waals surface area (Å²) in [6, 6.07) is 0. The number of fused-ring (bicyclic) bond motifs is 7. The lowest BCUT2D eigenvalue weighted by molar-refractivity contribution is -0.250. The van der Waals surface area contributed by atoms with Gasteiger partial charge in [-0.15, -0.1) is 11.6 Å². The Morgan fingerprint density at radius 1 is 0.829 bits per heavy atom. The minimum Gasteiger partial charge on any atom is -0.461 e. The molecule has 0 aliphatic heterocycles. The highest BCUT2D eigenvalue weighted by Crippen LogP contribution is 2.77. The van der Waals surface area contributed by atoms with Crippen molar-refractivity contribution in [3.8, 4) is 0 Å². The summed E-state index contributed by atoms with van der Waals surface area (Å²) in [5.74, 6) is 4.66. The van der Waals surface area contributed by atoms with Crippen molar-refractivity contribution in [2.45, 2.75) is 126 Å². The Morgan fingerprint density at radius 3 is 2.20 bits per heavy atom. The fourth-order valence-corrected chi connectivity index (χ4v) is 12.2. The second-order valence-corrected chi connectivity index (χ2v) is 16.0. The molecule has 200 valence electrons. The average Bonchev–Trinajstić information content (AvgIpc) is 3.14. The Hall–Kier alpha value is -0.240. The second kappa shape index (κ2) is 8.38. The topological polar surface area (TPSA) is 26.3 Å². The molecule has 35 heavy (non-hydrogen) atoms. The van der Waals surface area contributed by atoms with E-state index in [0.717, 1.165) is 36.0 Å². The number of alkyl halides is 1. The van der Waals surface area contributed by atoms with Crippen molar-refractivity contribution in [3.05, 3.63) is 0 Å². The smallest absolute Gasteiger partial charge is 0.321 e. The van der Waals surface area contributed by atoms with Gasteiger partial charge in [0.15, 0.2) is 0 Å². The second-order valence-electron chi connectivity index (χ2n) is 15.8. The Kier molecular flexibility index (Phi) is 6.31. The maximum atomic E-state index is 12.1. The van der Waals surface area contributed by atoms with Crippen molar-refractivity contribution in [3.63, 3.8) is 0 Å². The molecule has 2 nitrogen and oxygen atoms in total. The third-order valence-electron chi connectivity index (χ3n) is 14.1. The average molecular weight is 505 g/mol. The lowest BCUT2D eigenvalue weighted by atomic mass is 9.32. The van der Waals surface area contributed by atoms with Crippen LogP contribution in [0.2, 0.25) is 0 Å². The largest absolute Gasteiger partial charge is 0.461 e. The highest BCUT2D eigenvalue weighted by molar-refractivity contribution is 6.26. The van der Waals surface area contributed by atoms with Crippen LogP contribution in [0.5, 0.6) is 0 Å². The van der Waals surface area contributed by atoms with Crippen LogP contribution in [0, 0.1) is 62.6 Å². The van der Waals surface area contributed by atoms with Crippen molar-refractivity contribution in [2.75, 3.05) is 5.88 Å². The highest BCUT2D eigenvalue weighted by Gasteiger charge is 2.70. The number of carbonyl (C=O) groups excluding carboxylic acids is 1. The van der Waals surface area contributed by atoms with Crippen LogP contribution in [0.4, 0.5) is 0 Å². The zero-order valence-electron chi connectivity index (χ0n) is 24.0. The fraction of sp³-hybridized carbons (Fsp3) is 0.969. The number of rotatable bonds is 3. The number of ether oxygens (including phenoxy) is 1. The molecule has 5 rings (SSSR count). The van der Waals surface area contributed by atoms with E-state index in [-0.39, 0.29) is 23.4 Å². The molecule has 0 N–H and O–H groups in total. The van der Waals surface area contributed by atoms with E-state index in [2.05, 4.69) is 55.4 Å². The Balaban J connectivity index is 1.47. The zero-order valence-corrected chi connectivity index (χ0v) is 24.8. The molecule has 5 saturated carbocycles. The quantitative estimate of drug-likeness (QED) is 0.283. The molecular weight excluding hydrogens is 452 g/mol. The molecule has 3 heteroatoms. The number of halogens is 1. The summed E-state index contributed by atoms with van der Waals surface area (Å²) in [5.41, 5.74) is 1.80. The van der Waals surface area contributed by atoms with Gasteiger partial charge in [0.25, 0.3) is 0 Å². The molecule has 0 aromatic rings. The summed E-state index contributed by atoms with van der Waals surface area (Å²) in [7, 11) is 0. The van der Waals surface area contributed by atoms with Gasteiger partial charge in [0.2, 0.25) is 0 Å². The third-order valence-corrected chi connectivity index (χ3v) is 14.3. The monoisotopic (exact) mass is 504 g/mol. The molecule has 0 amide bonds. The molecule has 0 unspecified atom stereocenters. The molecule has 0 saturated heterocycles. The molecule has 5 fully saturated rings. The van der Waals surface area contributed by atoms with Crippen LogP contribution in [-0.2, 0) is 9.53 Å². The van der Waals surface area contributed by atoms with Gasteiger partial charge in [-0.3, -0.25) is 4.79 Å². The Morgan fingerprint density at radius 2 is 1.54 bits per heavy atom. The summed E-state index contributed by atoms with van der Waals surface area (Å²) >= 11 is 5.82. The van der Waals surface area contributed by atoms with Crippen LogP contribution < -0.4 is 0 Å². The summed E-state index contributed by atoms with van der Waals surface area (Å²) in [5, 5.41) is 0. The summed E-state index contributed by atoms with van der Waals surface area (Å²) in [4.78, 5) is 12.1. The van der Waals surface area contributed by atoms with Crippen LogP contribution in [0.1, 0.15) is 120 Å². The summed E-state index contributed by atoms with van der Waals surface area (Å²) in [6.45, 7) is 20.6. The first-order chi connectivity index (χ1) is 16.2. The van der Waals surface area contributed by atoms with Gasteiger partial charge in [0, 0.05) is 5.41 Å². The lowest BCUT2D eigenvalue weighted by Crippen LogP contribution is -2.66. The normalized spacial score (nSPS) is 52.7. The van der Waals surface area contributed by atoms with Gasteiger partial charge in [0.1, 0.15) is 12.0 Å². The molecule has 0 radical (unpaired) electrons. The highest BCUT2D eigenvalue weighted by atomic mass is 35.5. The van der Waals surface area contributed by atoms with E-state index in [9.17, 15) is 4.79 Å². The number of hydrogen-bond acceptors (Lipinski definition) is 2. The van der Waals surface area contributed by atoms with Gasteiger partial charge in [0.05, 0.1) is 0 Å². The molecule has 5 aliphatic rings. The molecule has 0 aromatic carbocycles. The summed E-state index contributed by atoms with van der Waals surface area (Å²) in [6.07, 6.45) is 13.5. The van der Waals surface area contributed by atoms with Gasteiger partial charge in [-0.05, 0) is 121 Å². The Labute approximate surface area is 221 Å². The zero-order chi connectivity index (χ0) is 25.6. The van der Waals surface area contributed by atoms with Crippen molar-refractivity contribution in [1.82, 2.24) is 0 Å². The van der Waals surface area contributed by atoms with E-state index >= 15 is 0 Å². The third kappa shape index (κ3) is 3.49. The number of carbonyl (C=O) groups is 1. The Bertz CT molecular complexity index is 851. The summed E-state index contributed by atoms with van der Waals surface area (Å²) < 4.78 is 5.94. The molecule has 0 aromatic heterocycles. The van der Waals surface area contributed by atoms with E-state index in [1.807, 2.05) is 0 Å². The van der Waals surface area contributed by atoms with E-state index < -0.39 is 0 Å². The predicted octanol–water partition coefficient (Wildman–Crippen LogP) is 8.89. The molecular formula is C32H53ClO2.